The number of rotatable bonds is 6. The van der Waals surface area contributed by atoms with Crippen LogP contribution in [0.5, 0.6) is 0 Å². The van der Waals surface area contributed by atoms with E-state index in [0.29, 0.717) is 6.42 Å². The molecule has 0 bridgehead atoms. The molecule has 0 radical (unpaired) electrons. The van der Waals surface area contributed by atoms with E-state index in [-0.39, 0.29) is 0 Å². The van der Waals surface area contributed by atoms with Crippen molar-refractivity contribution in [2.75, 3.05) is 0 Å². The van der Waals surface area contributed by atoms with Crippen LogP contribution in [0.15, 0.2) is 0 Å². The largest absolute Gasteiger partial charge is 0.392 e. The highest BCUT2D eigenvalue weighted by molar-refractivity contribution is 7.83. The third-order valence-corrected chi connectivity index (χ3v) is 2.35. The first-order chi connectivity index (χ1) is 5.87. The maximum absolute atomic E-state index is 10.4. The van der Waals surface area contributed by atoms with Crippen molar-refractivity contribution in [2.45, 2.75) is 45.3 Å². The Labute approximate surface area is 79.0 Å². The molecule has 13 heavy (non-hydrogen) atoms. The van der Waals surface area contributed by atoms with Gasteiger partial charge in [0.25, 0.3) is 0 Å². The van der Waals surface area contributed by atoms with Crippen LogP contribution in [0.1, 0.15) is 33.1 Å². The van der Waals surface area contributed by atoms with Crippen molar-refractivity contribution in [2.24, 2.45) is 0 Å². The Kier molecular flexibility index (Phi) is 5.46. The number of unbranched alkanes of at least 4 members (excludes halogenated alkanes) is 1. The van der Waals surface area contributed by atoms with Gasteiger partial charge in [0, 0.05) is 6.04 Å². The van der Waals surface area contributed by atoms with Gasteiger partial charge in [-0.25, -0.2) is 0 Å². The van der Waals surface area contributed by atoms with Crippen molar-refractivity contribution in [1.82, 2.24) is 4.72 Å². The molecule has 2 atom stereocenters. The lowest BCUT2D eigenvalue weighted by Gasteiger charge is -2.18. The molecule has 0 spiro atoms. The Morgan fingerprint density at radius 2 is 2.00 bits per heavy atom. The maximum atomic E-state index is 10.4. The standard InChI is InChI=1S/C7H17NO4S/c1-3-4-5-7(6(2)9)8-13(10,11)12/h6-9H,3-5H2,1-2H3,(H,10,11,12). The van der Waals surface area contributed by atoms with Crippen molar-refractivity contribution in [3.8, 4) is 0 Å². The van der Waals surface area contributed by atoms with E-state index in [1.807, 2.05) is 11.6 Å². The summed E-state index contributed by atoms with van der Waals surface area (Å²) in [7, 11) is -4.21. The zero-order chi connectivity index (χ0) is 10.5. The molecule has 0 amide bonds. The van der Waals surface area contributed by atoms with Gasteiger partial charge in [0.1, 0.15) is 0 Å². The molecule has 0 aliphatic heterocycles. The highest BCUT2D eigenvalue weighted by Crippen LogP contribution is 2.05. The molecular weight excluding hydrogens is 194 g/mol. The summed E-state index contributed by atoms with van der Waals surface area (Å²) >= 11 is 0. The van der Waals surface area contributed by atoms with E-state index in [1.165, 1.54) is 6.92 Å². The van der Waals surface area contributed by atoms with Crippen molar-refractivity contribution in [1.29, 1.82) is 0 Å². The van der Waals surface area contributed by atoms with Gasteiger partial charge >= 0.3 is 10.3 Å². The summed E-state index contributed by atoms with van der Waals surface area (Å²) < 4.78 is 31.3. The normalized spacial score (nSPS) is 16.9. The molecule has 0 rings (SSSR count). The Hall–Kier alpha value is -0.170. The molecule has 2 unspecified atom stereocenters. The van der Waals surface area contributed by atoms with E-state index >= 15 is 0 Å². The zero-order valence-corrected chi connectivity index (χ0v) is 8.71. The summed E-state index contributed by atoms with van der Waals surface area (Å²) in [6.45, 7) is 3.45. The minimum Gasteiger partial charge on any atom is -0.392 e. The lowest BCUT2D eigenvalue weighted by atomic mass is 10.1. The molecule has 80 valence electrons. The predicted octanol–water partition coefficient (Wildman–Crippen LogP) is 0.318. The second-order valence-corrected chi connectivity index (χ2v) is 4.27. The lowest BCUT2D eigenvalue weighted by molar-refractivity contribution is 0.148. The fourth-order valence-corrected chi connectivity index (χ4v) is 1.71. The van der Waals surface area contributed by atoms with Crippen LogP contribution in [0, 0.1) is 0 Å². The smallest absolute Gasteiger partial charge is 0.333 e. The Morgan fingerprint density at radius 3 is 2.31 bits per heavy atom. The van der Waals surface area contributed by atoms with Crippen molar-refractivity contribution >= 4 is 10.3 Å². The number of nitrogens with one attached hydrogen (secondary N) is 1. The molecule has 0 aromatic carbocycles. The van der Waals surface area contributed by atoms with Crippen LogP contribution in [0.4, 0.5) is 0 Å². The molecule has 0 aliphatic carbocycles. The molecule has 0 saturated heterocycles. The van der Waals surface area contributed by atoms with Crippen LogP contribution < -0.4 is 4.72 Å². The second-order valence-electron chi connectivity index (χ2n) is 3.08. The van der Waals surface area contributed by atoms with E-state index in [2.05, 4.69) is 0 Å². The molecule has 6 heteroatoms. The maximum Gasteiger partial charge on any atom is 0.333 e. The van der Waals surface area contributed by atoms with E-state index in [0.717, 1.165) is 12.8 Å². The average molecular weight is 211 g/mol. The van der Waals surface area contributed by atoms with Gasteiger partial charge in [0.2, 0.25) is 0 Å². The van der Waals surface area contributed by atoms with E-state index in [9.17, 15) is 8.42 Å². The zero-order valence-electron chi connectivity index (χ0n) is 7.90. The second kappa shape index (κ2) is 5.54. The van der Waals surface area contributed by atoms with Crippen molar-refractivity contribution in [3.05, 3.63) is 0 Å². The van der Waals surface area contributed by atoms with Crippen LogP contribution in [0.25, 0.3) is 0 Å². The minimum atomic E-state index is -4.21. The van der Waals surface area contributed by atoms with Gasteiger partial charge < -0.3 is 5.11 Å². The van der Waals surface area contributed by atoms with Gasteiger partial charge in [-0.1, -0.05) is 19.8 Å². The van der Waals surface area contributed by atoms with Gasteiger partial charge in [-0.05, 0) is 13.3 Å². The van der Waals surface area contributed by atoms with Gasteiger partial charge in [-0.3, -0.25) is 4.55 Å². The summed E-state index contributed by atoms with van der Waals surface area (Å²) in [6.07, 6.45) is 1.44. The van der Waals surface area contributed by atoms with Crippen LogP contribution in [-0.4, -0.2) is 30.2 Å². The van der Waals surface area contributed by atoms with Crippen LogP contribution in [0.3, 0.4) is 0 Å². The predicted molar refractivity (Wildman–Crippen MR) is 49.7 cm³/mol. The molecular formula is C7H17NO4S. The van der Waals surface area contributed by atoms with E-state index in [4.69, 9.17) is 9.66 Å². The van der Waals surface area contributed by atoms with Crippen LogP contribution in [0.2, 0.25) is 0 Å². The van der Waals surface area contributed by atoms with Crippen molar-refractivity contribution < 1.29 is 18.1 Å². The highest BCUT2D eigenvalue weighted by Gasteiger charge is 2.19. The summed E-state index contributed by atoms with van der Waals surface area (Å²) in [6, 6.07) is -0.602. The fraction of sp³-hybridized carbons (Fsp3) is 1.00. The summed E-state index contributed by atoms with van der Waals surface area (Å²) in [5.74, 6) is 0. The van der Waals surface area contributed by atoms with Gasteiger partial charge in [0.05, 0.1) is 6.10 Å². The molecule has 0 aromatic heterocycles. The molecule has 0 aliphatic rings. The SMILES string of the molecule is CCCCC(NS(=O)(=O)O)C(C)O. The van der Waals surface area contributed by atoms with Gasteiger partial charge in [0.15, 0.2) is 0 Å². The van der Waals surface area contributed by atoms with Gasteiger partial charge in [-0.2, -0.15) is 13.1 Å². The number of hydrogen-bond donors (Lipinski definition) is 3. The molecule has 0 fully saturated rings. The molecule has 0 heterocycles. The Balaban J connectivity index is 4.11. The molecule has 0 aromatic rings. The monoisotopic (exact) mass is 211 g/mol. The van der Waals surface area contributed by atoms with Crippen LogP contribution >= 0.6 is 0 Å². The summed E-state index contributed by atoms with van der Waals surface area (Å²) in [5.41, 5.74) is 0. The summed E-state index contributed by atoms with van der Waals surface area (Å²) in [4.78, 5) is 0. The van der Waals surface area contributed by atoms with Gasteiger partial charge in [-0.15, -0.1) is 0 Å². The first-order valence-corrected chi connectivity index (χ1v) is 5.73. The fourth-order valence-electron chi connectivity index (χ4n) is 1.01. The third kappa shape index (κ3) is 6.94. The first kappa shape index (κ1) is 12.8. The first-order valence-electron chi connectivity index (χ1n) is 4.29. The molecule has 0 saturated carbocycles. The van der Waals surface area contributed by atoms with Crippen molar-refractivity contribution in [3.63, 3.8) is 0 Å². The topological polar surface area (TPSA) is 86.6 Å². The average Bonchev–Trinajstić information content (AvgIpc) is 1.95. The molecule has 3 N–H and O–H groups in total. The highest BCUT2D eigenvalue weighted by atomic mass is 32.2. The number of hydrogen-bond acceptors (Lipinski definition) is 3. The Bertz CT molecular complexity index is 225. The Morgan fingerprint density at radius 1 is 1.46 bits per heavy atom. The van der Waals surface area contributed by atoms with Crippen LogP contribution in [-0.2, 0) is 10.3 Å². The van der Waals surface area contributed by atoms with E-state index < -0.39 is 22.4 Å². The summed E-state index contributed by atoms with van der Waals surface area (Å²) in [5, 5.41) is 9.16. The quantitative estimate of drug-likeness (QED) is 0.552. The lowest BCUT2D eigenvalue weighted by Crippen LogP contribution is -2.41. The number of aliphatic hydroxyl groups excluding tert-OH is 1. The third-order valence-electron chi connectivity index (χ3n) is 1.75. The van der Waals surface area contributed by atoms with E-state index in [1.54, 1.807) is 0 Å². The minimum absolute atomic E-state index is 0.522. The molecule has 5 nitrogen and oxygen atoms in total. The number of aliphatic hydroxyl groups is 1.